The maximum Gasteiger partial charge on any atom is 0.418 e. The molecule has 0 bridgehead atoms. The number of alkyl halides is 3. The number of nitrogens with zero attached hydrogens (tertiary/aromatic N) is 3. The zero-order chi connectivity index (χ0) is 21.5. The maximum absolute atomic E-state index is 13.5. The average molecular weight is 406 g/mol. The standard InChI is InChI=1S/C23H17F3N4/c1-14-11-16(12-17(13-27)22-28-19-8-4-5-9-20(19)29-22)15(2)30(14)21-10-6-3-7-18(21)23(24,25)26/h3-12H,1-2H3,(H,28,29). The summed E-state index contributed by atoms with van der Waals surface area (Å²) in [4.78, 5) is 7.55. The number of imidazole rings is 1. The third-order valence-corrected chi connectivity index (χ3v) is 4.99. The molecule has 4 aromatic rings. The van der Waals surface area contributed by atoms with Crippen LogP contribution in [0.15, 0.2) is 54.6 Å². The lowest BCUT2D eigenvalue weighted by atomic mass is 10.1. The first kappa shape index (κ1) is 19.5. The molecule has 2 heterocycles. The third-order valence-electron chi connectivity index (χ3n) is 4.99. The first-order valence-electron chi connectivity index (χ1n) is 9.22. The fourth-order valence-electron chi connectivity index (χ4n) is 3.60. The number of rotatable bonds is 3. The van der Waals surface area contributed by atoms with Crippen LogP contribution in [-0.2, 0) is 6.18 Å². The van der Waals surface area contributed by atoms with Crippen molar-refractivity contribution < 1.29 is 13.2 Å². The monoisotopic (exact) mass is 406 g/mol. The minimum absolute atomic E-state index is 0.0573. The smallest absolute Gasteiger partial charge is 0.337 e. The van der Waals surface area contributed by atoms with Crippen molar-refractivity contribution in [3.8, 4) is 11.8 Å². The molecule has 0 aliphatic carbocycles. The molecule has 4 rings (SSSR count). The molecule has 1 N–H and O–H groups in total. The normalized spacial score (nSPS) is 12.3. The molecule has 4 nitrogen and oxygen atoms in total. The Labute approximate surface area is 170 Å². The lowest BCUT2D eigenvalue weighted by Gasteiger charge is -2.16. The van der Waals surface area contributed by atoms with Crippen LogP contribution in [0.25, 0.3) is 28.4 Å². The van der Waals surface area contributed by atoms with Crippen molar-refractivity contribution in [2.45, 2.75) is 20.0 Å². The first-order valence-corrected chi connectivity index (χ1v) is 9.22. The molecule has 150 valence electrons. The number of aryl methyl sites for hydroxylation is 1. The summed E-state index contributed by atoms with van der Waals surface area (Å²) in [7, 11) is 0. The highest BCUT2D eigenvalue weighted by atomic mass is 19.4. The molecular formula is C23H17F3N4. The molecule has 2 aromatic heterocycles. The third kappa shape index (κ3) is 3.37. The van der Waals surface area contributed by atoms with Crippen LogP contribution in [0.1, 0.15) is 28.3 Å². The minimum atomic E-state index is -4.47. The molecule has 0 aliphatic rings. The van der Waals surface area contributed by atoms with E-state index in [9.17, 15) is 18.4 Å². The Morgan fingerprint density at radius 2 is 1.80 bits per heavy atom. The number of para-hydroxylation sites is 3. The van der Waals surface area contributed by atoms with Crippen LogP contribution in [0.3, 0.4) is 0 Å². The lowest BCUT2D eigenvalue weighted by molar-refractivity contribution is -0.137. The fraction of sp³-hybridized carbons (Fsp3) is 0.130. The van der Waals surface area contributed by atoms with Gasteiger partial charge in [-0.25, -0.2) is 4.98 Å². The summed E-state index contributed by atoms with van der Waals surface area (Å²) >= 11 is 0. The van der Waals surface area contributed by atoms with Crippen LogP contribution in [-0.4, -0.2) is 14.5 Å². The molecule has 0 unspecified atom stereocenters. The van der Waals surface area contributed by atoms with E-state index in [2.05, 4.69) is 16.0 Å². The predicted octanol–water partition coefficient (Wildman–Crippen LogP) is 6.05. The summed E-state index contributed by atoms with van der Waals surface area (Å²) in [6, 6.07) is 16.8. The number of nitriles is 1. The predicted molar refractivity (Wildman–Crippen MR) is 110 cm³/mol. The molecule has 0 fully saturated rings. The molecular weight excluding hydrogens is 389 g/mol. The number of nitrogens with one attached hydrogen (secondary N) is 1. The molecule has 0 saturated carbocycles. The number of hydrogen-bond acceptors (Lipinski definition) is 2. The zero-order valence-corrected chi connectivity index (χ0v) is 16.2. The van der Waals surface area contributed by atoms with Crippen LogP contribution in [0.4, 0.5) is 13.2 Å². The van der Waals surface area contributed by atoms with Crippen LogP contribution >= 0.6 is 0 Å². The highest BCUT2D eigenvalue weighted by Crippen LogP contribution is 2.36. The number of hydrogen-bond donors (Lipinski definition) is 1. The van der Waals surface area contributed by atoms with Crippen LogP contribution < -0.4 is 0 Å². The number of fused-ring (bicyclic) bond motifs is 1. The van der Waals surface area contributed by atoms with Gasteiger partial charge in [-0.15, -0.1) is 0 Å². The summed E-state index contributed by atoms with van der Waals surface area (Å²) in [5.74, 6) is 0.416. The van der Waals surface area contributed by atoms with Gasteiger partial charge in [0.15, 0.2) is 0 Å². The van der Waals surface area contributed by atoms with E-state index >= 15 is 0 Å². The van der Waals surface area contributed by atoms with Crippen molar-refractivity contribution in [1.82, 2.24) is 14.5 Å². The van der Waals surface area contributed by atoms with Gasteiger partial charge in [-0.3, -0.25) is 0 Å². The average Bonchev–Trinajstić information content (AvgIpc) is 3.26. The topological polar surface area (TPSA) is 57.4 Å². The Bertz CT molecular complexity index is 1280. The van der Waals surface area contributed by atoms with E-state index < -0.39 is 11.7 Å². The van der Waals surface area contributed by atoms with Gasteiger partial charge in [0, 0.05) is 11.4 Å². The largest absolute Gasteiger partial charge is 0.418 e. The second kappa shape index (κ2) is 7.23. The number of aromatic nitrogens is 3. The fourth-order valence-corrected chi connectivity index (χ4v) is 3.60. The number of halogens is 3. The van der Waals surface area contributed by atoms with Crippen molar-refractivity contribution in [1.29, 1.82) is 5.26 Å². The van der Waals surface area contributed by atoms with E-state index in [-0.39, 0.29) is 5.69 Å². The van der Waals surface area contributed by atoms with Gasteiger partial charge in [-0.05, 0) is 55.8 Å². The molecule has 0 amide bonds. The van der Waals surface area contributed by atoms with Crippen molar-refractivity contribution in [3.05, 3.63) is 82.9 Å². The Morgan fingerprint density at radius 3 is 2.50 bits per heavy atom. The van der Waals surface area contributed by atoms with Crippen molar-refractivity contribution in [2.75, 3.05) is 0 Å². The number of aromatic amines is 1. The highest BCUT2D eigenvalue weighted by molar-refractivity contribution is 5.90. The quantitative estimate of drug-likeness (QED) is 0.421. The van der Waals surface area contributed by atoms with E-state index in [4.69, 9.17) is 0 Å². The van der Waals surface area contributed by atoms with Gasteiger partial charge in [0.25, 0.3) is 0 Å². The molecule has 0 atom stereocenters. The summed E-state index contributed by atoms with van der Waals surface area (Å²) < 4.78 is 42.1. The van der Waals surface area contributed by atoms with E-state index in [0.717, 1.165) is 17.1 Å². The number of H-pyrrole nitrogens is 1. The van der Waals surface area contributed by atoms with Gasteiger partial charge >= 0.3 is 6.18 Å². The van der Waals surface area contributed by atoms with Gasteiger partial charge < -0.3 is 9.55 Å². The number of benzene rings is 2. The van der Waals surface area contributed by atoms with Gasteiger partial charge in [-0.1, -0.05) is 24.3 Å². The molecule has 0 radical (unpaired) electrons. The van der Waals surface area contributed by atoms with Crippen molar-refractivity contribution >= 4 is 22.7 Å². The van der Waals surface area contributed by atoms with E-state index in [1.807, 2.05) is 24.3 Å². The van der Waals surface area contributed by atoms with Crippen LogP contribution in [0.2, 0.25) is 0 Å². The van der Waals surface area contributed by atoms with E-state index in [1.165, 1.54) is 12.1 Å². The van der Waals surface area contributed by atoms with Gasteiger partial charge in [0.1, 0.15) is 11.9 Å². The first-order chi connectivity index (χ1) is 14.3. The Balaban J connectivity index is 1.84. The minimum Gasteiger partial charge on any atom is -0.337 e. The molecule has 2 aromatic carbocycles. The maximum atomic E-state index is 13.5. The molecule has 0 aliphatic heterocycles. The Hall–Kier alpha value is -3.79. The highest BCUT2D eigenvalue weighted by Gasteiger charge is 2.34. The van der Waals surface area contributed by atoms with Crippen LogP contribution in [0, 0.1) is 25.2 Å². The Kier molecular flexibility index (Phi) is 4.70. The van der Waals surface area contributed by atoms with Crippen molar-refractivity contribution in [3.63, 3.8) is 0 Å². The number of allylic oxidation sites excluding steroid dienone is 1. The van der Waals surface area contributed by atoms with E-state index in [1.54, 1.807) is 36.6 Å². The van der Waals surface area contributed by atoms with Gasteiger partial charge in [0.05, 0.1) is 27.9 Å². The van der Waals surface area contributed by atoms with Crippen LogP contribution in [0.5, 0.6) is 0 Å². The zero-order valence-electron chi connectivity index (χ0n) is 16.2. The molecule has 7 heteroatoms. The lowest BCUT2D eigenvalue weighted by Crippen LogP contribution is -2.12. The molecule has 0 saturated heterocycles. The Morgan fingerprint density at radius 1 is 1.10 bits per heavy atom. The second-order valence-corrected chi connectivity index (χ2v) is 6.95. The van der Waals surface area contributed by atoms with Gasteiger partial charge in [0.2, 0.25) is 0 Å². The summed E-state index contributed by atoms with van der Waals surface area (Å²) in [6.07, 6.45) is -2.82. The molecule has 0 spiro atoms. The van der Waals surface area contributed by atoms with E-state index in [0.29, 0.717) is 28.3 Å². The molecule has 30 heavy (non-hydrogen) atoms. The summed E-state index contributed by atoms with van der Waals surface area (Å²) in [5.41, 5.74) is 3.08. The SMILES string of the molecule is Cc1cc(C=C(C#N)c2nc3ccccc3[nH]2)c(C)n1-c1ccccc1C(F)(F)F. The van der Waals surface area contributed by atoms with Crippen molar-refractivity contribution in [2.24, 2.45) is 0 Å². The van der Waals surface area contributed by atoms with Gasteiger partial charge in [-0.2, -0.15) is 18.4 Å². The summed E-state index contributed by atoms with van der Waals surface area (Å²) in [6.45, 7) is 3.48. The summed E-state index contributed by atoms with van der Waals surface area (Å²) in [5, 5.41) is 9.67. The second-order valence-electron chi connectivity index (χ2n) is 6.95.